The van der Waals surface area contributed by atoms with E-state index in [1.165, 1.54) is 6.08 Å². The first-order chi connectivity index (χ1) is 8.45. The summed E-state index contributed by atoms with van der Waals surface area (Å²) in [5, 5.41) is 27.0. The Morgan fingerprint density at radius 2 is 1.94 bits per heavy atom. The molecule has 0 fully saturated rings. The summed E-state index contributed by atoms with van der Waals surface area (Å²) < 4.78 is 0. The molecule has 2 atom stereocenters. The van der Waals surface area contributed by atoms with Crippen LogP contribution in [0.3, 0.4) is 0 Å². The van der Waals surface area contributed by atoms with Crippen molar-refractivity contribution in [3.05, 3.63) is 48.0 Å². The van der Waals surface area contributed by atoms with Gasteiger partial charge in [0, 0.05) is 5.82 Å². The van der Waals surface area contributed by atoms with Crippen LogP contribution < -0.4 is 5.73 Å². The average molecular weight is 249 g/mol. The number of carboxylic acids is 1. The molecule has 0 heterocycles. The Hall–Kier alpha value is -1.63. The normalized spacial score (nSPS) is 13.7. The lowest BCUT2D eigenvalue weighted by atomic mass is 9.69. The summed E-state index contributed by atoms with van der Waals surface area (Å²) in [4.78, 5) is 10.6. The molecule has 1 aromatic carbocycles. The molecule has 0 aromatic heterocycles. The Kier molecular flexibility index (Phi) is 5.09. The third-order valence-electron chi connectivity index (χ3n) is 2.71. The first-order valence-corrected chi connectivity index (χ1v) is 5.51. The minimum Gasteiger partial charge on any atom is -0.480 e. The fourth-order valence-corrected chi connectivity index (χ4v) is 1.65. The van der Waals surface area contributed by atoms with Gasteiger partial charge in [0.25, 0.3) is 0 Å². The molecule has 0 saturated heterocycles. The van der Waals surface area contributed by atoms with Crippen molar-refractivity contribution in [3.63, 3.8) is 0 Å². The van der Waals surface area contributed by atoms with E-state index in [1.807, 2.05) is 0 Å². The van der Waals surface area contributed by atoms with E-state index in [0.29, 0.717) is 5.56 Å². The Morgan fingerprint density at radius 1 is 1.39 bits per heavy atom. The third-order valence-corrected chi connectivity index (χ3v) is 2.71. The van der Waals surface area contributed by atoms with Gasteiger partial charge < -0.3 is 20.9 Å². The molecule has 96 valence electrons. The van der Waals surface area contributed by atoms with Crippen LogP contribution in [0, 0.1) is 0 Å². The monoisotopic (exact) mass is 249 g/mol. The smallest absolute Gasteiger partial charge is 0.463 e. The van der Waals surface area contributed by atoms with Crippen molar-refractivity contribution in [3.8, 4) is 0 Å². The number of nitrogens with two attached hydrogens (primary N) is 1. The lowest BCUT2D eigenvalue weighted by Gasteiger charge is -2.12. The van der Waals surface area contributed by atoms with Crippen LogP contribution in [-0.2, 0) is 11.2 Å². The zero-order valence-corrected chi connectivity index (χ0v) is 9.86. The molecule has 0 aliphatic heterocycles. The number of aliphatic carboxylic acids is 1. The van der Waals surface area contributed by atoms with Gasteiger partial charge >= 0.3 is 13.1 Å². The molecular formula is C12H16BNO4. The van der Waals surface area contributed by atoms with Crippen LogP contribution in [0.25, 0.3) is 0 Å². The van der Waals surface area contributed by atoms with Gasteiger partial charge in [0.2, 0.25) is 0 Å². The number of hydrogen-bond acceptors (Lipinski definition) is 4. The van der Waals surface area contributed by atoms with Crippen molar-refractivity contribution in [2.24, 2.45) is 5.73 Å². The number of allylic oxidation sites excluding steroid dienone is 1. The van der Waals surface area contributed by atoms with Crippen molar-refractivity contribution >= 4 is 13.1 Å². The van der Waals surface area contributed by atoms with Crippen molar-refractivity contribution in [1.82, 2.24) is 0 Å². The quantitative estimate of drug-likeness (QED) is 0.417. The fraction of sp³-hybridized carbons (Fsp3) is 0.250. The molecule has 18 heavy (non-hydrogen) atoms. The number of carboxylic acid groups (broad SMARTS) is 1. The Morgan fingerprint density at radius 3 is 2.33 bits per heavy atom. The SMILES string of the molecule is C=CC(B(O)O)c1ccc(C[C@H](N)C(=O)O)cc1. The van der Waals surface area contributed by atoms with Gasteiger partial charge in [-0.2, -0.15) is 0 Å². The number of benzene rings is 1. The second kappa shape index (κ2) is 6.35. The van der Waals surface area contributed by atoms with Crippen LogP contribution >= 0.6 is 0 Å². The molecule has 1 rings (SSSR count). The van der Waals surface area contributed by atoms with Gasteiger partial charge in [-0.1, -0.05) is 30.3 Å². The lowest BCUT2D eigenvalue weighted by molar-refractivity contribution is -0.138. The molecule has 0 radical (unpaired) electrons. The number of rotatable bonds is 6. The van der Waals surface area contributed by atoms with E-state index in [9.17, 15) is 4.79 Å². The molecule has 0 amide bonds. The zero-order chi connectivity index (χ0) is 13.7. The Balaban J connectivity index is 2.79. The van der Waals surface area contributed by atoms with Crippen LogP contribution in [-0.4, -0.2) is 34.3 Å². The molecule has 1 unspecified atom stereocenters. The van der Waals surface area contributed by atoms with E-state index in [0.717, 1.165) is 5.56 Å². The summed E-state index contributed by atoms with van der Waals surface area (Å²) >= 11 is 0. The van der Waals surface area contributed by atoms with Crippen molar-refractivity contribution in [2.45, 2.75) is 18.3 Å². The topological polar surface area (TPSA) is 104 Å². The van der Waals surface area contributed by atoms with Crippen LogP contribution in [0.15, 0.2) is 36.9 Å². The van der Waals surface area contributed by atoms with Crippen molar-refractivity contribution < 1.29 is 19.9 Å². The average Bonchev–Trinajstić information content (AvgIpc) is 2.31. The van der Waals surface area contributed by atoms with Gasteiger partial charge in [-0.25, -0.2) is 0 Å². The first kappa shape index (κ1) is 14.4. The zero-order valence-electron chi connectivity index (χ0n) is 9.86. The molecule has 6 heteroatoms. The maximum absolute atomic E-state index is 10.6. The summed E-state index contributed by atoms with van der Waals surface area (Å²) in [5.74, 6) is -1.61. The summed E-state index contributed by atoms with van der Waals surface area (Å²) in [7, 11) is -1.50. The van der Waals surface area contributed by atoms with Crippen LogP contribution in [0.4, 0.5) is 0 Å². The predicted molar refractivity (Wildman–Crippen MR) is 68.9 cm³/mol. The van der Waals surface area contributed by atoms with Gasteiger partial charge in [0.15, 0.2) is 0 Å². The molecule has 5 nitrogen and oxygen atoms in total. The minimum absolute atomic E-state index is 0.232. The second-order valence-corrected chi connectivity index (χ2v) is 4.07. The molecule has 0 spiro atoms. The van der Waals surface area contributed by atoms with Gasteiger partial charge in [-0.15, -0.1) is 6.58 Å². The molecule has 0 bridgehead atoms. The second-order valence-electron chi connectivity index (χ2n) is 4.07. The van der Waals surface area contributed by atoms with E-state index in [2.05, 4.69) is 6.58 Å². The predicted octanol–water partition coefficient (Wildman–Crippen LogP) is -0.0774. The highest BCUT2D eigenvalue weighted by molar-refractivity contribution is 6.44. The number of hydrogen-bond donors (Lipinski definition) is 4. The third kappa shape index (κ3) is 3.70. The maximum Gasteiger partial charge on any atom is 0.463 e. The maximum atomic E-state index is 10.6. The summed E-state index contributed by atoms with van der Waals surface area (Å²) in [6.45, 7) is 3.53. The largest absolute Gasteiger partial charge is 0.480 e. The number of carbonyl (C=O) groups is 1. The summed E-state index contributed by atoms with van der Waals surface area (Å²) in [5.41, 5.74) is 6.91. The minimum atomic E-state index is -1.50. The molecule has 5 N–H and O–H groups in total. The van der Waals surface area contributed by atoms with Crippen LogP contribution in [0.2, 0.25) is 0 Å². The highest BCUT2D eigenvalue weighted by atomic mass is 16.4. The molecular weight excluding hydrogens is 233 g/mol. The van der Waals surface area contributed by atoms with Crippen molar-refractivity contribution in [1.29, 1.82) is 0 Å². The van der Waals surface area contributed by atoms with E-state index in [-0.39, 0.29) is 6.42 Å². The standard InChI is InChI=1S/C12H16BNO4/c1-2-10(13(17)18)9-5-3-8(4-6-9)7-11(14)12(15)16/h2-6,10-11,17-18H,1,7,14H2,(H,15,16)/t10?,11-/m0/s1. The molecule has 0 saturated carbocycles. The molecule has 1 aromatic rings. The first-order valence-electron chi connectivity index (χ1n) is 5.51. The van der Waals surface area contributed by atoms with Crippen LogP contribution in [0.1, 0.15) is 16.9 Å². The summed E-state index contributed by atoms with van der Waals surface area (Å²) in [6, 6.07) is 5.91. The lowest BCUT2D eigenvalue weighted by Crippen LogP contribution is -2.32. The van der Waals surface area contributed by atoms with E-state index in [1.54, 1.807) is 24.3 Å². The fourth-order valence-electron chi connectivity index (χ4n) is 1.65. The van der Waals surface area contributed by atoms with E-state index < -0.39 is 24.9 Å². The summed E-state index contributed by atoms with van der Waals surface area (Å²) in [6.07, 6.45) is 1.68. The highest BCUT2D eigenvalue weighted by Crippen LogP contribution is 2.19. The van der Waals surface area contributed by atoms with Crippen LogP contribution in [0.5, 0.6) is 0 Å². The van der Waals surface area contributed by atoms with Gasteiger partial charge in [-0.05, 0) is 17.5 Å². The van der Waals surface area contributed by atoms with Gasteiger partial charge in [-0.3, -0.25) is 4.79 Å². The van der Waals surface area contributed by atoms with E-state index >= 15 is 0 Å². The van der Waals surface area contributed by atoms with Gasteiger partial charge in [0.05, 0.1) is 0 Å². The highest BCUT2D eigenvalue weighted by Gasteiger charge is 2.21. The Bertz CT molecular complexity index is 419. The molecule has 0 aliphatic rings. The van der Waals surface area contributed by atoms with Gasteiger partial charge in [0.1, 0.15) is 6.04 Å². The Labute approximate surface area is 106 Å². The molecule has 0 aliphatic carbocycles. The van der Waals surface area contributed by atoms with Crippen molar-refractivity contribution in [2.75, 3.05) is 0 Å². The van der Waals surface area contributed by atoms with E-state index in [4.69, 9.17) is 20.9 Å².